The maximum Gasteiger partial charge on any atom is 0.159 e. The molecule has 6 heteroatoms. The van der Waals surface area contributed by atoms with E-state index in [2.05, 4.69) is 44.3 Å². The number of anilines is 2. The Hall–Kier alpha value is -2.86. The van der Waals surface area contributed by atoms with E-state index in [1.54, 1.807) is 7.11 Å². The first-order valence-electron chi connectivity index (χ1n) is 9.33. The smallest absolute Gasteiger partial charge is 0.159 e. The Kier molecular flexibility index (Phi) is 4.81. The minimum Gasteiger partial charge on any atom is -0.495 e. The van der Waals surface area contributed by atoms with Crippen LogP contribution in [0, 0.1) is 0 Å². The van der Waals surface area contributed by atoms with Gasteiger partial charge >= 0.3 is 0 Å². The third-order valence-corrected chi connectivity index (χ3v) is 5.13. The summed E-state index contributed by atoms with van der Waals surface area (Å²) in [5, 5.41) is 11.2. The molecular formula is C21H25N5O. The molecule has 1 aliphatic rings. The summed E-state index contributed by atoms with van der Waals surface area (Å²) in [7, 11) is 1.72. The zero-order valence-electron chi connectivity index (χ0n) is 15.8. The molecule has 1 atom stereocenters. The lowest BCUT2D eigenvalue weighted by molar-refractivity contribution is 0.413. The van der Waals surface area contributed by atoms with Gasteiger partial charge in [0.2, 0.25) is 0 Å². The Labute approximate surface area is 159 Å². The Morgan fingerprint density at radius 1 is 0.889 bits per heavy atom. The number of nitrogens with two attached hydrogens (primary N) is 1. The SMILES string of the molecule is COc1ccccc1N1CCN(c2nnc(C(C)N)c3ccccc23)CC1. The molecule has 0 aliphatic carbocycles. The molecule has 3 aromatic rings. The van der Waals surface area contributed by atoms with Gasteiger partial charge in [-0.1, -0.05) is 36.4 Å². The average molecular weight is 363 g/mol. The second-order valence-corrected chi connectivity index (χ2v) is 6.89. The number of hydrogen-bond donors (Lipinski definition) is 1. The molecule has 0 amide bonds. The Bertz CT molecular complexity index is 935. The average Bonchev–Trinajstić information content (AvgIpc) is 2.73. The second kappa shape index (κ2) is 7.40. The largest absolute Gasteiger partial charge is 0.495 e. The normalized spacial score (nSPS) is 15.8. The number of hydrogen-bond acceptors (Lipinski definition) is 6. The van der Waals surface area contributed by atoms with Crippen LogP contribution in [0.2, 0.25) is 0 Å². The number of para-hydroxylation sites is 2. The minimum atomic E-state index is -0.140. The number of aromatic nitrogens is 2. The van der Waals surface area contributed by atoms with Gasteiger partial charge in [-0.2, -0.15) is 5.10 Å². The standard InChI is InChI=1S/C21H25N5O/c1-15(22)20-16-7-3-4-8-17(16)21(24-23-20)26-13-11-25(12-14-26)18-9-5-6-10-19(18)27-2/h3-10,15H,11-14,22H2,1-2H3. The third kappa shape index (κ3) is 3.28. The molecule has 2 heterocycles. The number of piperazine rings is 1. The van der Waals surface area contributed by atoms with Gasteiger partial charge in [0.1, 0.15) is 5.75 Å². The van der Waals surface area contributed by atoms with E-state index in [9.17, 15) is 0 Å². The molecule has 1 aliphatic heterocycles. The number of methoxy groups -OCH3 is 1. The van der Waals surface area contributed by atoms with Crippen LogP contribution in [-0.4, -0.2) is 43.5 Å². The summed E-state index contributed by atoms with van der Waals surface area (Å²) < 4.78 is 5.51. The summed E-state index contributed by atoms with van der Waals surface area (Å²) in [6, 6.07) is 16.3. The lowest BCUT2D eigenvalue weighted by Gasteiger charge is -2.37. The molecule has 1 aromatic heterocycles. The van der Waals surface area contributed by atoms with Crippen LogP contribution in [0.3, 0.4) is 0 Å². The molecule has 27 heavy (non-hydrogen) atoms. The van der Waals surface area contributed by atoms with Gasteiger partial charge < -0.3 is 20.3 Å². The predicted molar refractivity (Wildman–Crippen MR) is 110 cm³/mol. The molecule has 6 nitrogen and oxygen atoms in total. The highest BCUT2D eigenvalue weighted by Crippen LogP contribution is 2.31. The minimum absolute atomic E-state index is 0.140. The van der Waals surface area contributed by atoms with Crippen LogP contribution in [0.25, 0.3) is 10.8 Å². The number of rotatable bonds is 4. The fourth-order valence-electron chi connectivity index (χ4n) is 3.73. The van der Waals surface area contributed by atoms with Crippen LogP contribution >= 0.6 is 0 Å². The Balaban J connectivity index is 1.59. The summed E-state index contributed by atoms with van der Waals surface area (Å²) in [5.74, 6) is 1.85. The molecule has 1 unspecified atom stereocenters. The van der Waals surface area contributed by atoms with Crippen molar-refractivity contribution in [1.29, 1.82) is 0 Å². The van der Waals surface area contributed by atoms with Crippen molar-refractivity contribution < 1.29 is 4.74 Å². The van der Waals surface area contributed by atoms with Crippen molar-refractivity contribution in [1.82, 2.24) is 10.2 Å². The summed E-state index contributed by atoms with van der Waals surface area (Å²) in [6.45, 7) is 5.53. The monoisotopic (exact) mass is 363 g/mol. The first kappa shape index (κ1) is 17.5. The highest BCUT2D eigenvalue weighted by Gasteiger charge is 2.23. The zero-order valence-corrected chi connectivity index (χ0v) is 15.8. The highest BCUT2D eigenvalue weighted by atomic mass is 16.5. The van der Waals surface area contributed by atoms with Gasteiger partial charge in [-0.05, 0) is 19.1 Å². The fourth-order valence-corrected chi connectivity index (χ4v) is 3.73. The summed E-state index contributed by atoms with van der Waals surface area (Å²) >= 11 is 0. The lowest BCUT2D eigenvalue weighted by atomic mass is 10.1. The van der Waals surface area contributed by atoms with Crippen molar-refractivity contribution in [2.24, 2.45) is 5.73 Å². The van der Waals surface area contributed by atoms with Gasteiger partial charge in [0.15, 0.2) is 5.82 Å². The summed E-state index contributed by atoms with van der Waals surface area (Å²) in [6.07, 6.45) is 0. The first-order chi connectivity index (χ1) is 13.2. The molecule has 0 spiro atoms. The topological polar surface area (TPSA) is 67.5 Å². The van der Waals surface area contributed by atoms with Crippen LogP contribution in [0.5, 0.6) is 5.75 Å². The van der Waals surface area contributed by atoms with Gasteiger partial charge in [-0.25, -0.2) is 0 Å². The first-order valence-corrected chi connectivity index (χ1v) is 9.33. The Morgan fingerprint density at radius 2 is 1.52 bits per heavy atom. The van der Waals surface area contributed by atoms with Crippen LogP contribution in [0.1, 0.15) is 18.7 Å². The fraction of sp³-hybridized carbons (Fsp3) is 0.333. The molecule has 0 radical (unpaired) electrons. The predicted octanol–water partition coefficient (Wildman–Crippen LogP) is 2.98. The van der Waals surface area contributed by atoms with Crippen molar-refractivity contribution in [2.75, 3.05) is 43.1 Å². The number of fused-ring (bicyclic) bond motifs is 1. The van der Waals surface area contributed by atoms with Crippen molar-refractivity contribution in [3.8, 4) is 5.75 Å². The van der Waals surface area contributed by atoms with E-state index in [1.807, 2.05) is 31.2 Å². The molecule has 1 fully saturated rings. The molecule has 2 N–H and O–H groups in total. The molecule has 1 saturated heterocycles. The van der Waals surface area contributed by atoms with E-state index in [1.165, 1.54) is 0 Å². The van der Waals surface area contributed by atoms with E-state index in [4.69, 9.17) is 10.5 Å². The second-order valence-electron chi connectivity index (χ2n) is 6.89. The van der Waals surface area contributed by atoms with E-state index in [0.29, 0.717) is 0 Å². The number of ether oxygens (including phenoxy) is 1. The number of nitrogens with zero attached hydrogens (tertiary/aromatic N) is 4. The van der Waals surface area contributed by atoms with Crippen LogP contribution in [0.4, 0.5) is 11.5 Å². The van der Waals surface area contributed by atoms with Crippen molar-refractivity contribution in [2.45, 2.75) is 13.0 Å². The van der Waals surface area contributed by atoms with Gasteiger partial charge in [0, 0.05) is 43.0 Å². The molecule has 2 aromatic carbocycles. The summed E-state index contributed by atoms with van der Waals surface area (Å²) in [4.78, 5) is 4.67. The molecule has 140 valence electrons. The highest BCUT2D eigenvalue weighted by molar-refractivity contribution is 5.93. The van der Waals surface area contributed by atoms with Gasteiger partial charge in [0.25, 0.3) is 0 Å². The van der Waals surface area contributed by atoms with Crippen molar-refractivity contribution in [3.63, 3.8) is 0 Å². The maximum absolute atomic E-state index is 6.08. The van der Waals surface area contributed by atoms with Crippen molar-refractivity contribution >= 4 is 22.3 Å². The van der Waals surface area contributed by atoms with E-state index < -0.39 is 0 Å². The Morgan fingerprint density at radius 3 is 2.22 bits per heavy atom. The van der Waals surface area contributed by atoms with Crippen LogP contribution in [-0.2, 0) is 0 Å². The molecular weight excluding hydrogens is 338 g/mol. The van der Waals surface area contributed by atoms with E-state index in [0.717, 1.165) is 59.9 Å². The zero-order chi connectivity index (χ0) is 18.8. The van der Waals surface area contributed by atoms with Crippen LogP contribution < -0.4 is 20.3 Å². The third-order valence-electron chi connectivity index (χ3n) is 5.13. The summed E-state index contributed by atoms with van der Waals surface area (Å²) in [5.41, 5.74) is 8.07. The lowest BCUT2D eigenvalue weighted by Crippen LogP contribution is -2.47. The quantitative estimate of drug-likeness (QED) is 0.769. The van der Waals surface area contributed by atoms with Gasteiger partial charge in [-0.15, -0.1) is 5.10 Å². The van der Waals surface area contributed by atoms with Gasteiger partial charge in [-0.3, -0.25) is 0 Å². The van der Waals surface area contributed by atoms with Crippen LogP contribution in [0.15, 0.2) is 48.5 Å². The van der Waals surface area contributed by atoms with E-state index in [-0.39, 0.29) is 6.04 Å². The van der Waals surface area contributed by atoms with Crippen molar-refractivity contribution in [3.05, 3.63) is 54.2 Å². The van der Waals surface area contributed by atoms with E-state index >= 15 is 0 Å². The van der Waals surface area contributed by atoms with Gasteiger partial charge in [0.05, 0.1) is 18.5 Å². The number of benzene rings is 2. The maximum atomic E-state index is 6.08. The molecule has 0 bridgehead atoms. The molecule has 4 rings (SSSR count). The molecule has 0 saturated carbocycles.